The van der Waals surface area contributed by atoms with E-state index in [0.29, 0.717) is 17.4 Å². The van der Waals surface area contributed by atoms with Gasteiger partial charge in [0.05, 0.1) is 5.56 Å². The summed E-state index contributed by atoms with van der Waals surface area (Å²) in [5, 5.41) is 9.88. The Morgan fingerprint density at radius 1 is 1.32 bits per heavy atom. The number of thiophene rings is 1. The van der Waals surface area contributed by atoms with E-state index in [1.54, 1.807) is 0 Å². The molecule has 0 aromatic carbocycles. The summed E-state index contributed by atoms with van der Waals surface area (Å²) in [5.74, 6) is 0.481. The van der Waals surface area contributed by atoms with Gasteiger partial charge in [-0.25, -0.2) is 4.79 Å². The Hall–Kier alpha value is -0.830. The first-order chi connectivity index (χ1) is 10.4. The summed E-state index contributed by atoms with van der Waals surface area (Å²) in [7, 11) is 0. The highest BCUT2D eigenvalue weighted by atomic mass is 32.1. The fourth-order valence-corrected chi connectivity index (χ4v) is 6.02. The topological polar surface area (TPSA) is 37.3 Å². The zero-order chi connectivity index (χ0) is 15.9. The molecular formula is C19H28O2S. The fourth-order valence-electron chi connectivity index (χ4n) is 4.48. The predicted octanol–water partition coefficient (Wildman–Crippen LogP) is 5.65. The summed E-state index contributed by atoms with van der Waals surface area (Å²) in [6.45, 7) is 6.81. The predicted molar refractivity (Wildman–Crippen MR) is 92.1 cm³/mol. The molecule has 3 heteroatoms. The van der Waals surface area contributed by atoms with Gasteiger partial charge in [-0.3, -0.25) is 0 Å². The largest absolute Gasteiger partial charge is 0.478 e. The molecule has 0 bridgehead atoms. The van der Waals surface area contributed by atoms with Gasteiger partial charge >= 0.3 is 5.97 Å². The van der Waals surface area contributed by atoms with Gasteiger partial charge in [0, 0.05) is 9.75 Å². The molecule has 2 aliphatic carbocycles. The molecule has 1 aromatic heterocycles. The van der Waals surface area contributed by atoms with Crippen LogP contribution in [0.25, 0.3) is 0 Å². The number of aryl methyl sites for hydroxylation is 1. The molecular weight excluding hydrogens is 292 g/mol. The molecule has 0 unspecified atom stereocenters. The van der Waals surface area contributed by atoms with E-state index in [-0.39, 0.29) is 5.41 Å². The number of carboxylic acids is 1. The van der Waals surface area contributed by atoms with E-state index in [0.717, 1.165) is 12.8 Å². The SMILES string of the molecule is CC[C@@H]1CCCC[C@@H]1c1sc2c(c1C(=O)O)CC(C)(C)CC2. The van der Waals surface area contributed by atoms with Gasteiger partial charge in [0.25, 0.3) is 0 Å². The summed E-state index contributed by atoms with van der Waals surface area (Å²) < 4.78 is 0. The first kappa shape index (κ1) is 16.0. The van der Waals surface area contributed by atoms with Crippen LogP contribution in [0, 0.1) is 11.3 Å². The molecule has 2 atom stereocenters. The van der Waals surface area contributed by atoms with E-state index in [2.05, 4.69) is 20.8 Å². The smallest absolute Gasteiger partial charge is 0.337 e. The Bertz CT molecular complexity index is 570. The molecule has 22 heavy (non-hydrogen) atoms. The number of hydrogen-bond donors (Lipinski definition) is 1. The molecule has 1 aromatic rings. The van der Waals surface area contributed by atoms with Crippen molar-refractivity contribution in [3.05, 3.63) is 20.9 Å². The van der Waals surface area contributed by atoms with Gasteiger partial charge in [0.1, 0.15) is 0 Å². The van der Waals surface area contributed by atoms with Crippen molar-refractivity contribution in [3.63, 3.8) is 0 Å². The third-order valence-corrected chi connectivity index (χ3v) is 7.21. The standard InChI is InChI=1S/C19H28O2S/c1-4-12-7-5-6-8-13(12)17-16(18(20)21)14-11-19(2,3)10-9-15(14)22-17/h12-13H,4-11H2,1-3H3,(H,20,21)/t12-,13+/m1/s1. The van der Waals surface area contributed by atoms with Crippen LogP contribution in [0.3, 0.4) is 0 Å². The van der Waals surface area contributed by atoms with Crippen molar-refractivity contribution in [2.45, 2.75) is 78.1 Å². The highest BCUT2D eigenvalue weighted by Crippen LogP contribution is 2.48. The fraction of sp³-hybridized carbons (Fsp3) is 0.737. The minimum atomic E-state index is -0.689. The van der Waals surface area contributed by atoms with Gasteiger partial charge in [-0.05, 0) is 54.9 Å². The van der Waals surface area contributed by atoms with Gasteiger partial charge in [-0.2, -0.15) is 0 Å². The number of carboxylic acid groups (broad SMARTS) is 1. The van der Waals surface area contributed by atoms with Crippen molar-refractivity contribution in [1.29, 1.82) is 0 Å². The van der Waals surface area contributed by atoms with E-state index < -0.39 is 5.97 Å². The molecule has 2 nitrogen and oxygen atoms in total. The van der Waals surface area contributed by atoms with Crippen molar-refractivity contribution in [1.82, 2.24) is 0 Å². The second-order valence-electron chi connectivity index (χ2n) is 7.95. The molecule has 1 N–H and O–H groups in total. The van der Waals surface area contributed by atoms with Crippen molar-refractivity contribution < 1.29 is 9.90 Å². The van der Waals surface area contributed by atoms with Gasteiger partial charge in [0.15, 0.2) is 0 Å². The van der Waals surface area contributed by atoms with Gasteiger partial charge < -0.3 is 5.11 Å². The molecule has 0 amide bonds. The Balaban J connectivity index is 2.05. The van der Waals surface area contributed by atoms with E-state index in [1.807, 2.05) is 11.3 Å². The lowest BCUT2D eigenvalue weighted by atomic mass is 9.73. The Kier molecular flexibility index (Phi) is 4.37. The molecule has 122 valence electrons. The Morgan fingerprint density at radius 3 is 2.73 bits per heavy atom. The minimum absolute atomic E-state index is 0.242. The second-order valence-corrected chi connectivity index (χ2v) is 9.09. The number of hydrogen-bond acceptors (Lipinski definition) is 2. The quantitative estimate of drug-likeness (QED) is 0.782. The monoisotopic (exact) mass is 320 g/mol. The Labute approximate surface area is 137 Å². The molecule has 2 aliphatic rings. The van der Waals surface area contributed by atoms with Crippen molar-refractivity contribution >= 4 is 17.3 Å². The lowest BCUT2D eigenvalue weighted by Gasteiger charge is -2.31. The summed E-state index contributed by atoms with van der Waals surface area (Å²) in [4.78, 5) is 14.6. The summed E-state index contributed by atoms with van der Waals surface area (Å²) >= 11 is 1.84. The molecule has 0 radical (unpaired) electrons. The average molecular weight is 320 g/mol. The highest BCUT2D eigenvalue weighted by molar-refractivity contribution is 7.12. The zero-order valence-electron chi connectivity index (χ0n) is 14.1. The molecule has 3 rings (SSSR count). The van der Waals surface area contributed by atoms with Crippen molar-refractivity contribution in [2.24, 2.45) is 11.3 Å². The van der Waals surface area contributed by atoms with E-state index in [1.165, 1.54) is 53.8 Å². The van der Waals surface area contributed by atoms with E-state index >= 15 is 0 Å². The average Bonchev–Trinajstić information content (AvgIpc) is 2.84. The Morgan fingerprint density at radius 2 is 2.05 bits per heavy atom. The summed E-state index contributed by atoms with van der Waals surface area (Å²) in [6, 6.07) is 0. The van der Waals surface area contributed by atoms with Crippen molar-refractivity contribution in [2.75, 3.05) is 0 Å². The number of fused-ring (bicyclic) bond motifs is 1. The minimum Gasteiger partial charge on any atom is -0.478 e. The molecule has 0 saturated heterocycles. The maximum absolute atomic E-state index is 12.0. The second kappa shape index (κ2) is 5.99. The van der Waals surface area contributed by atoms with Crippen LogP contribution in [0.2, 0.25) is 0 Å². The van der Waals surface area contributed by atoms with Gasteiger partial charge in [0.2, 0.25) is 0 Å². The molecule has 1 saturated carbocycles. The van der Waals surface area contributed by atoms with Crippen LogP contribution in [0.5, 0.6) is 0 Å². The van der Waals surface area contributed by atoms with Crippen molar-refractivity contribution in [3.8, 4) is 0 Å². The lowest BCUT2D eigenvalue weighted by molar-refractivity contribution is 0.0692. The van der Waals surface area contributed by atoms with Crippen LogP contribution in [0.15, 0.2) is 0 Å². The first-order valence-corrected chi connectivity index (χ1v) is 9.62. The summed E-state index contributed by atoms with van der Waals surface area (Å²) in [5.41, 5.74) is 2.11. The lowest BCUT2D eigenvalue weighted by Crippen LogP contribution is -2.23. The van der Waals surface area contributed by atoms with Crippen LogP contribution < -0.4 is 0 Å². The van der Waals surface area contributed by atoms with Crippen LogP contribution in [0.4, 0.5) is 0 Å². The maximum atomic E-state index is 12.0. The number of aromatic carboxylic acids is 1. The van der Waals surface area contributed by atoms with Gasteiger partial charge in [-0.1, -0.05) is 40.0 Å². The number of carbonyl (C=O) groups is 1. The maximum Gasteiger partial charge on any atom is 0.337 e. The van der Waals surface area contributed by atoms with Crippen LogP contribution in [-0.4, -0.2) is 11.1 Å². The van der Waals surface area contributed by atoms with Gasteiger partial charge in [-0.15, -0.1) is 11.3 Å². The zero-order valence-corrected chi connectivity index (χ0v) is 14.9. The summed E-state index contributed by atoms with van der Waals surface area (Å²) in [6.07, 6.45) is 9.39. The van der Waals surface area contributed by atoms with Crippen LogP contribution in [0.1, 0.15) is 90.9 Å². The highest BCUT2D eigenvalue weighted by Gasteiger charge is 2.36. The molecule has 0 spiro atoms. The number of rotatable bonds is 3. The molecule has 1 fully saturated rings. The third-order valence-electron chi connectivity index (χ3n) is 5.79. The van der Waals surface area contributed by atoms with E-state index in [9.17, 15) is 9.90 Å². The molecule has 0 aliphatic heterocycles. The first-order valence-electron chi connectivity index (χ1n) is 8.80. The molecule has 1 heterocycles. The third kappa shape index (κ3) is 2.84. The van der Waals surface area contributed by atoms with Crippen LogP contribution in [-0.2, 0) is 12.8 Å². The normalized spacial score (nSPS) is 27.4. The van der Waals surface area contributed by atoms with E-state index in [4.69, 9.17) is 0 Å². The van der Waals surface area contributed by atoms with Crippen LogP contribution >= 0.6 is 11.3 Å².